The number of carbonyl (C=O) groups excluding carboxylic acids is 1. The number of benzene rings is 2. The highest BCUT2D eigenvalue weighted by molar-refractivity contribution is 7.80. The molecule has 0 aliphatic carbocycles. The van der Waals surface area contributed by atoms with Crippen molar-refractivity contribution in [1.82, 2.24) is 14.9 Å². The van der Waals surface area contributed by atoms with Crippen molar-refractivity contribution in [2.45, 2.75) is 46.2 Å². The Hall–Kier alpha value is -4.17. The average molecular weight is 540 g/mol. The van der Waals surface area contributed by atoms with E-state index < -0.39 is 0 Å². The lowest BCUT2D eigenvalue weighted by molar-refractivity contribution is -0.114. The highest BCUT2D eigenvalue weighted by Crippen LogP contribution is 2.45. The largest absolute Gasteiger partial charge is 0.495 e. The van der Waals surface area contributed by atoms with E-state index in [1.165, 1.54) is 12.5 Å². The smallest absolute Gasteiger partial charge is 0.221 e. The number of aromatic nitrogens is 2. The van der Waals surface area contributed by atoms with E-state index in [-0.39, 0.29) is 18.0 Å². The Kier molecular flexibility index (Phi) is 7.39. The lowest BCUT2D eigenvalue weighted by Gasteiger charge is -2.29. The number of aryl methyl sites for hydroxylation is 2. The van der Waals surface area contributed by atoms with Gasteiger partial charge in [0.2, 0.25) is 5.91 Å². The van der Waals surface area contributed by atoms with Gasteiger partial charge in [0.1, 0.15) is 5.75 Å². The van der Waals surface area contributed by atoms with Crippen molar-refractivity contribution in [2.75, 3.05) is 17.3 Å². The van der Waals surface area contributed by atoms with Crippen LogP contribution >= 0.6 is 12.2 Å². The number of ether oxygens (including phenoxy) is 1. The highest BCUT2D eigenvalue weighted by atomic mass is 32.1. The Morgan fingerprint density at radius 1 is 1.08 bits per heavy atom. The molecule has 2 aromatic heterocycles. The molecule has 5 rings (SSSR count). The quantitative estimate of drug-likeness (QED) is 0.273. The first-order chi connectivity index (χ1) is 18.8. The van der Waals surface area contributed by atoms with Crippen molar-refractivity contribution < 1.29 is 9.53 Å². The van der Waals surface area contributed by atoms with Crippen LogP contribution in [0, 0.1) is 13.8 Å². The minimum Gasteiger partial charge on any atom is -0.495 e. The van der Waals surface area contributed by atoms with E-state index in [2.05, 4.69) is 76.2 Å². The predicted molar refractivity (Wildman–Crippen MR) is 160 cm³/mol. The Labute approximate surface area is 234 Å². The third-order valence-corrected chi connectivity index (χ3v) is 7.58. The van der Waals surface area contributed by atoms with Crippen LogP contribution in [0.1, 0.15) is 54.1 Å². The molecule has 8 heteroatoms. The molecule has 2 atom stereocenters. The second-order valence-electron chi connectivity index (χ2n) is 9.74. The van der Waals surface area contributed by atoms with Crippen molar-refractivity contribution >= 4 is 34.6 Å². The van der Waals surface area contributed by atoms with Crippen molar-refractivity contribution in [3.8, 4) is 11.4 Å². The zero-order valence-electron chi connectivity index (χ0n) is 22.9. The summed E-state index contributed by atoms with van der Waals surface area (Å²) in [5.41, 5.74) is 8.19. The van der Waals surface area contributed by atoms with E-state index in [1.54, 1.807) is 13.3 Å². The number of thiocarbonyl (C=S) groups is 1. The monoisotopic (exact) mass is 539 g/mol. The van der Waals surface area contributed by atoms with Gasteiger partial charge in [-0.25, -0.2) is 0 Å². The molecule has 2 aromatic carbocycles. The van der Waals surface area contributed by atoms with Gasteiger partial charge in [0.15, 0.2) is 5.11 Å². The summed E-state index contributed by atoms with van der Waals surface area (Å²) in [5, 5.41) is 7.01. The number of anilines is 2. The van der Waals surface area contributed by atoms with Crippen LogP contribution in [-0.4, -0.2) is 27.7 Å². The summed E-state index contributed by atoms with van der Waals surface area (Å²) in [4.78, 5) is 18.7. The van der Waals surface area contributed by atoms with Gasteiger partial charge in [0.25, 0.3) is 0 Å². The summed E-state index contributed by atoms with van der Waals surface area (Å²) in [6.45, 7) is 7.93. The summed E-state index contributed by atoms with van der Waals surface area (Å²) < 4.78 is 7.79. The summed E-state index contributed by atoms with van der Waals surface area (Å²) in [5.74, 6) is 0.409. The molecular formula is C31H33N5O2S. The van der Waals surface area contributed by atoms with Gasteiger partial charge in [-0.3, -0.25) is 9.78 Å². The minimum atomic E-state index is -0.180. The number of carbonyl (C=O) groups is 1. The number of hydrogen-bond acceptors (Lipinski definition) is 4. The molecule has 0 saturated carbocycles. The first-order valence-electron chi connectivity index (χ1n) is 13.1. The van der Waals surface area contributed by atoms with E-state index in [4.69, 9.17) is 17.0 Å². The fraction of sp³-hybridized carbons (Fsp3) is 0.258. The molecule has 1 aliphatic heterocycles. The molecule has 4 aromatic rings. The Morgan fingerprint density at radius 3 is 2.46 bits per heavy atom. The lowest BCUT2D eigenvalue weighted by Crippen LogP contribution is -2.29. The molecular weight excluding hydrogens is 506 g/mol. The number of amides is 1. The zero-order valence-corrected chi connectivity index (χ0v) is 23.7. The molecule has 200 valence electrons. The van der Waals surface area contributed by atoms with Crippen LogP contribution in [0.2, 0.25) is 0 Å². The topological polar surface area (TPSA) is 71.4 Å². The Bertz CT molecular complexity index is 1510. The molecule has 0 radical (unpaired) electrons. The molecule has 1 saturated heterocycles. The first-order valence-corrected chi connectivity index (χ1v) is 13.5. The summed E-state index contributed by atoms with van der Waals surface area (Å²) in [6, 6.07) is 22.3. The number of hydrogen-bond donors (Lipinski definition) is 2. The molecule has 7 nitrogen and oxygen atoms in total. The van der Waals surface area contributed by atoms with Gasteiger partial charge in [-0.1, -0.05) is 25.1 Å². The van der Waals surface area contributed by atoms with Gasteiger partial charge >= 0.3 is 0 Å². The number of methoxy groups -OCH3 is 1. The maximum Gasteiger partial charge on any atom is 0.221 e. The third-order valence-electron chi connectivity index (χ3n) is 7.26. The number of rotatable bonds is 7. The Morgan fingerprint density at radius 2 is 1.82 bits per heavy atom. The van der Waals surface area contributed by atoms with Crippen LogP contribution in [0.5, 0.6) is 5.75 Å². The van der Waals surface area contributed by atoms with Crippen molar-refractivity contribution in [1.29, 1.82) is 0 Å². The normalized spacial score (nSPS) is 16.7. The fourth-order valence-corrected chi connectivity index (χ4v) is 5.79. The third kappa shape index (κ3) is 5.00. The molecule has 1 amide bonds. The van der Waals surface area contributed by atoms with Gasteiger partial charge in [-0.2, -0.15) is 0 Å². The summed E-state index contributed by atoms with van der Waals surface area (Å²) in [6.07, 6.45) is 2.81. The van der Waals surface area contributed by atoms with E-state index in [9.17, 15) is 4.79 Å². The maximum absolute atomic E-state index is 11.9. The van der Waals surface area contributed by atoms with Crippen LogP contribution in [-0.2, 0) is 11.2 Å². The summed E-state index contributed by atoms with van der Waals surface area (Å²) >= 11 is 5.93. The van der Waals surface area contributed by atoms with Crippen LogP contribution < -0.4 is 20.3 Å². The Balaban J connectivity index is 1.66. The molecule has 39 heavy (non-hydrogen) atoms. The number of pyridine rings is 1. The van der Waals surface area contributed by atoms with Crippen molar-refractivity contribution in [2.24, 2.45) is 0 Å². The number of nitrogens with zero attached hydrogens (tertiary/aromatic N) is 3. The van der Waals surface area contributed by atoms with Gasteiger partial charge < -0.3 is 24.8 Å². The van der Waals surface area contributed by atoms with E-state index in [0.717, 1.165) is 40.4 Å². The zero-order chi connectivity index (χ0) is 27.7. The molecule has 0 unspecified atom stereocenters. The molecule has 0 bridgehead atoms. The highest BCUT2D eigenvalue weighted by Gasteiger charge is 2.42. The van der Waals surface area contributed by atoms with Crippen LogP contribution in [0.25, 0.3) is 5.69 Å². The molecule has 1 aliphatic rings. The molecule has 1 fully saturated rings. The molecule has 3 heterocycles. The van der Waals surface area contributed by atoms with Crippen molar-refractivity contribution in [3.63, 3.8) is 0 Å². The minimum absolute atomic E-state index is 0.173. The standard InChI is InChI=1S/C31H33N5O2S/c1-6-22-10-12-23(13-11-22)35-19(2)17-25(20(35)3)30-29(26-9-7-8-16-32-26)34-31(39)36(30)24-14-15-28(38-5)27(18-24)33-21(4)37/h7-18,29-30H,6H2,1-5H3,(H,33,37)(H,34,39)/t29-,30-/m0/s1. The van der Waals surface area contributed by atoms with Crippen LogP contribution in [0.15, 0.2) is 72.9 Å². The molecule has 2 N–H and O–H groups in total. The van der Waals surface area contributed by atoms with Crippen LogP contribution in [0.3, 0.4) is 0 Å². The average Bonchev–Trinajstić information content (AvgIpc) is 3.43. The van der Waals surface area contributed by atoms with Gasteiger partial charge in [0, 0.05) is 35.9 Å². The van der Waals surface area contributed by atoms with Crippen molar-refractivity contribution in [3.05, 3.63) is 101 Å². The summed E-state index contributed by atoms with van der Waals surface area (Å²) in [7, 11) is 1.59. The molecule has 0 spiro atoms. The maximum atomic E-state index is 11.9. The second kappa shape index (κ2) is 10.9. The van der Waals surface area contributed by atoms with Gasteiger partial charge in [-0.05, 0) is 92.1 Å². The van der Waals surface area contributed by atoms with Gasteiger partial charge in [0.05, 0.1) is 30.6 Å². The van der Waals surface area contributed by atoms with E-state index in [0.29, 0.717) is 16.5 Å². The van der Waals surface area contributed by atoms with E-state index >= 15 is 0 Å². The first kappa shape index (κ1) is 26.4. The van der Waals surface area contributed by atoms with E-state index in [1.807, 2.05) is 36.4 Å². The fourth-order valence-electron chi connectivity index (χ4n) is 5.45. The lowest BCUT2D eigenvalue weighted by atomic mass is 9.96. The SMILES string of the molecule is CCc1ccc(-n2c(C)cc([C@H]3[C@H](c4ccccn4)NC(=S)N3c3ccc(OC)c(NC(C)=O)c3)c2C)cc1. The van der Waals surface area contributed by atoms with Crippen LogP contribution in [0.4, 0.5) is 11.4 Å². The number of nitrogens with one attached hydrogen (secondary N) is 2. The second-order valence-corrected chi connectivity index (χ2v) is 10.1. The predicted octanol–water partition coefficient (Wildman–Crippen LogP) is 6.20. The van der Waals surface area contributed by atoms with Gasteiger partial charge in [-0.15, -0.1) is 0 Å².